The number of likely N-dealkylation sites (N-methyl/N-ethyl adjacent to an activating group) is 1. The van der Waals surface area contributed by atoms with Gasteiger partial charge in [0, 0.05) is 24.3 Å². The van der Waals surface area contributed by atoms with Crippen molar-refractivity contribution in [3.63, 3.8) is 0 Å². The molecule has 5 heteroatoms. The van der Waals surface area contributed by atoms with Crippen molar-refractivity contribution in [1.82, 2.24) is 10.6 Å². The molecular weight excluding hydrogens is 230 g/mol. The number of hydrogen-bond acceptors (Lipinski definition) is 3. The van der Waals surface area contributed by atoms with Gasteiger partial charge < -0.3 is 16.0 Å². The van der Waals surface area contributed by atoms with E-state index in [0.717, 1.165) is 5.69 Å². The first kappa shape index (κ1) is 14.0. The van der Waals surface area contributed by atoms with Crippen LogP contribution in [-0.4, -0.2) is 31.4 Å². The van der Waals surface area contributed by atoms with Crippen molar-refractivity contribution in [2.45, 2.75) is 19.9 Å². The molecule has 0 bridgehead atoms. The first-order chi connectivity index (χ1) is 8.52. The van der Waals surface area contributed by atoms with E-state index in [0.29, 0.717) is 5.56 Å². The van der Waals surface area contributed by atoms with Gasteiger partial charge >= 0.3 is 0 Å². The summed E-state index contributed by atoms with van der Waals surface area (Å²) in [7, 11) is 1.59. The SMILES string of the molecule is CNC(=O)CNc1ccc(C(=O)NC(C)C)cc1. The summed E-state index contributed by atoms with van der Waals surface area (Å²) >= 11 is 0. The number of carbonyl (C=O) groups is 2. The van der Waals surface area contributed by atoms with E-state index in [9.17, 15) is 9.59 Å². The molecule has 0 saturated carbocycles. The van der Waals surface area contributed by atoms with Crippen molar-refractivity contribution in [3.8, 4) is 0 Å². The van der Waals surface area contributed by atoms with Gasteiger partial charge in [-0.2, -0.15) is 0 Å². The highest BCUT2D eigenvalue weighted by Crippen LogP contribution is 2.09. The molecule has 18 heavy (non-hydrogen) atoms. The van der Waals surface area contributed by atoms with E-state index in [-0.39, 0.29) is 24.4 Å². The highest BCUT2D eigenvalue weighted by atomic mass is 16.2. The normalized spacial score (nSPS) is 10.0. The second kappa shape index (κ2) is 6.64. The van der Waals surface area contributed by atoms with E-state index in [4.69, 9.17) is 0 Å². The number of nitrogens with one attached hydrogen (secondary N) is 3. The van der Waals surface area contributed by atoms with Gasteiger partial charge in [-0.25, -0.2) is 0 Å². The van der Waals surface area contributed by atoms with Crippen LogP contribution >= 0.6 is 0 Å². The first-order valence-corrected chi connectivity index (χ1v) is 5.88. The molecule has 0 saturated heterocycles. The Balaban J connectivity index is 2.57. The molecule has 0 aromatic heterocycles. The minimum atomic E-state index is -0.0946. The zero-order valence-electron chi connectivity index (χ0n) is 10.9. The van der Waals surface area contributed by atoms with Crippen LogP contribution in [-0.2, 0) is 4.79 Å². The van der Waals surface area contributed by atoms with Crippen molar-refractivity contribution in [3.05, 3.63) is 29.8 Å². The van der Waals surface area contributed by atoms with Crippen LogP contribution in [0.2, 0.25) is 0 Å². The summed E-state index contributed by atoms with van der Waals surface area (Å²) < 4.78 is 0. The minimum absolute atomic E-state index is 0.0865. The quantitative estimate of drug-likeness (QED) is 0.728. The lowest BCUT2D eigenvalue weighted by Gasteiger charge is -2.09. The second-order valence-corrected chi connectivity index (χ2v) is 4.23. The highest BCUT2D eigenvalue weighted by molar-refractivity contribution is 5.94. The lowest BCUT2D eigenvalue weighted by atomic mass is 10.2. The van der Waals surface area contributed by atoms with E-state index >= 15 is 0 Å². The average Bonchev–Trinajstić information content (AvgIpc) is 2.35. The van der Waals surface area contributed by atoms with Crippen molar-refractivity contribution in [2.24, 2.45) is 0 Å². The number of hydrogen-bond donors (Lipinski definition) is 3. The van der Waals surface area contributed by atoms with Crippen LogP contribution in [0.15, 0.2) is 24.3 Å². The summed E-state index contributed by atoms with van der Waals surface area (Å²) in [5.41, 5.74) is 1.41. The third-order valence-electron chi connectivity index (χ3n) is 2.30. The number of carbonyl (C=O) groups excluding carboxylic acids is 2. The Hall–Kier alpha value is -2.04. The van der Waals surface area contributed by atoms with Gasteiger partial charge in [-0.3, -0.25) is 9.59 Å². The lowest BCUT2D eigenvalue weighted by molar-refractivity contribution is -0.118. The molecule has 5 nitrogen and oxygen atoms in total. The van der Waals surface area contributed by atoms with Gasteiger partial charge in [0.05, 0.1) is 6.54 Å². The fourth-order valence-corrected chi connectivity index (χ4v) is 1.36. The maximum atomic E-state index is 11.7. The molecule has 0 aliphatic heterocycles. The summed E-state index contributed by atoms with van der Waals surface area (Å²) in [4.78, 5) is 22.7. The van der Waals surface area contributed by atoms with Gasteiger partial charge in [0.2, 0.25) is 5.91 Å². The Morgan fingerprint density at radius 3 is 2.28 bits per heavy atom. The predicted octanol–water partition coefficient (Wildman–Crippen LogP) is 0.983. The molecule has 98 valence electrons. The number of benzene rings is 1. The van der Waals surface area contributed by atoms with E-state index in [2.05, 4.69) is 16.0 Å². The van der Waals surface area contributed by atoms with E-state index in [1.807, 2.05) is 13.8 Å². The summed E-state index contributed by atoms with van der Waals surface area (Å²) in [5.74, 6) is -0.181. The van der Waals surface area contributed by atoms with E-state index < -0.39 is 0 Å². The maximum Gasteiger partial charge on any atom is 0.251 e. The molecule has 0 spiro atoms. The van der Waals surface area contributed by atoms with Gasteiger partial charge in [0.15, 0.2) is 0 Å². The van der Waals surface area contributed by atoms with Crippen molar-refractivity contribution in [2.75, 3.05) is 18.9 Å². The summed E-state index contributed by atoms with van der Waals surface area (Å²) in [6, 6.07) is 7.12. The lowest BCUT2D eigenvalue weighted by Crippen LogP contribution is -2.30. The Bertz CT molecular complexity index is 413. The topological polar surface area (TPSA) is 70.2 Å². The van der Waals surface area contributed by atoms with Crippen LogP contribution in [0.1, 0.15) is 24.2 Å². The molecule has 0 atom stereocenters. The molecular formula is C13H19N3O2. The molecule has 0 heterocycles. The standard InChI is InChI=1S/C13H19N3O2/c1-9(2)16-13(18)10-4-6-11(7-5-10)15-8-12(17)14-3/h4-7,9,15H,8H2,1-3H3,(H,14,17)(H,16,18). The summed E-state index contributed by atoms with van der Waals surface area (Å²) in [5, 5.41) is 8.29. The van der Waals surface area contributed by atoms with Gasteiger partial charge in [-0.05, 0) is 38.1 Å². The highest BCUT2D eigenvalue weighted by Gasteiger charge is 2.06. The van der Waals surface area contributed by atoms with Gasteiger partial charge in [0.1, 0.15) is 0 Å². The molecule has 0 radical (unpaired) electrons. The molecule has 0 unspecified atom stereocenters. The zero-order valence-corrected chi connectivity index (χ0v) is 10.9. The van der Waals surface area contributed by atoms with Gasteiger partial charge in [0.25, 0.3) is 5.91 Å². The van der Waals surface area contributed by atoms with Crippen molar-refractivity contribution in [1.29, 1.82) is 0 Å². The van der Waals surface area contributed by atoms with Crippen LogP contribution in [0, 0.1) is 0 Å². The van der Waals surface area contributed by atoms with Crippen LogP contribution in [0.25, 0.3) is 0 Å². The molecule has 2 amide bonds. The molecule has 1 rings (SSSR count). The third kappa shape index (κ3) is 4.45. The van der Waals surface area contributed by atoms with E-state index in [1.165, 1.54) is 0 Å². The van der Waals surface area contributed by atoms with Crippen LogP contribution in [0.3, 0.4) is 0 Å². The summed E-state index contributed by atoms with van der Waals surface area (Å²) in [6.07, 6.45) is 0. The number of anilines is 1. The van der Waals surface area contributed by atoms with Gasteiger partial charge in [-0.1, -0.05) is 0 Å². The smallest absolute Gasteiger partial charge is 0.251 e. The van der Waals surface area contributed by atoms with Crippen molar-refractivity contribution >= 4 is 17.5 Å². The number of rotatable bonds is 5. The molecule has 0 fully saturated rings. The van der Waals surface area contributed by atoms with Crippen molar-refractivity contribution < 1.29 is 9.59 Å². The van der Waals surface area contributed by atoms with Crippen LogP contribution < -0.4 is 16.0 Å². The molecule has 3 N–H and O–H groups in total. The Kier molecular flexibility index (Phi) is 5.17. The Morgan fingerprint density at radius 1 is 1.17 bits per heavy atom. The first-order valence-electron chi connectivity index (χ1n) is 5.88. The Labute approximate surface area is 107 Å². The molecule has 0 aliphatic rings. The van der Waals surface area contributed by atoms with Crippen LogP contribution in [0.4, 0.5) is 5.69 Å². The Morgan fingerprint density at radius 2 is 1.78 bits per heavy atom. The molecule has 0 aliphatic carbocycles. The fourth-order valence-electron chi connectivity index (χ4n) is 1.36. The zero-order chi connectivity index (χ0) is 13.5. The monoisotopic (exact) mass is 249 g/mol. The third-order valence-corrected chi connectivity index (χ3v) is 2.30. The number of amides is 2. The van der Waals surface area contributed by atoms with Crippen LogP contribution in [0.5, 0.6) is 0 Å². The molecule has 1 aromatic carbocycles. The van der Waals surface area contributed by atoms with E-state index in [1.54, 1.807) is 31.3 Å². The van der Waals surface area contributed by atoms with Gasteiger partial charge in [-0.15, -0.1) is 0 Å². The minimum Gasteiger partial charge on any atom is -0.376 e. The largest absolute Gasteiger partial charge is 0.376 e. The fraction of sp³-hybridized carbons (Fsp3) is 0.385. The second-order valence-electron chi connectivity index (χ2n) is 4.23. The molecule has 1 aromatic rings. The maximum absolute atomic E-state index is 11.7. The average molecular weight is 249 g/mol. The predicted molar refractivity (Wildman–Crippen MR) is 71.6 cm³/mol. The summed E-state index contributed by atoms with van der Waals surface area (Å²) in [6.45, 7) is 4.04.